The van der Waals surface area contributed by atoms with Crippen LogP contribution in [0.3, 0.4) is 0 Å². The number of nitrogens with zero attached hydrogens (tertiary/aromatic N) is 2. The molecule has 1 atom stereocenters. The Balaban J connectivity index is 2.51. The number of likely N-dealkylation sites (N-methyl/N-ethyl adjacent to an activating group) is 1. The minimum Gasteiger partial charge on any atom is -0.503 e. The number of benzene rings is 1. The summed E-state index contributed by atoms with van der Waals surface area (Å²) in [6, 6.07) is 4.71. The lowest BCUT2D eigenvalue weighted by Crippen LogP contribution is -2.36. The lowest BCUT2D eigenvalue weighted by molar-refractivity contribution is -0.129. The molecule has 1 unspecified atom stereocenters. The predicted molar refractivity (Wildman–Crippen MR) is 107 cm³/mol. The SMILES string of the molecule is CCCOc1cc(C2C(C(=O)CC)=C(O)C(=O)N2CCN(C)C)ccc1OC. The number of ether oxygens (including phenoxy) is 2. The number of aliphatic hydroxyl groups excluding tert-OH is 1. The lowest BCUT2D eigenvalue weighted by Gasteiger charge is -2.28. The molecule has 0 saturated carbocycles. The van der Waals surface area contributed by atoms with Gasteiger partial charge >= 0.3 is 0 Å². The Morgan fingerprint density at radius 1 is 1.25 bits per heavy atom. The molecule has 28 heavy (non-hydrogen) atoms. The van der Waals surface area contributed by atoms with Crippen molar-refractivity contribution in [2.24, 2.45) is 0 Å². The van der Waals surface area contributed by atoms with Crippen LogP contribution in [0, 0.1) is 0 Å². The Hall–Kier alpha value is -2.54. The van der Waals surface area contributed by atoms with Crippen molar-refractivity contribution in [1.82, 2.24) is 9.80 Å². The van der Waals surface area contributed by atoms with Crippen LogP contribution in [0.4, 0.5) is 0 Å². The van der Waals surface area contributed by atoms with E-state index in [0.717, 1.165) is 6.42 Å². The summed E-state index contributed by atoms with van der Waals surface area (Å²) in [5.41, 5.74) is 0.859. The molecule has 7 heteroatoms. The fourth-order valence-corrected chi connectivity index (χ4v) is 3.20. The molecule has 0 spiro atoms. The van der Waals surface area contributed by atoms with Crippen molar-refractivity contribution in [2.45, 2.75) is 32.7 Å². The van der Waals surface area contributed by atoms with Crippen molar-refractivity contribution in [2.75, 3.05) is 40.9 Å². The molecule has 1 aromatic rings. The molecule has 0 bridgehead atoms. The first kappa shape index (κ1) is 21.8. The van der Waals surface area contributed by atoms with Crippen LogP contribution in [0.1, 0.15) is 38.3 Å². The van der Waals surface area contributed by atoms with Crippen LogP contribution in [0.15, 0.2) is 29.5 Å². The Labute approximate surface area is 166 Å². The van der Waals surface area contributed by atoms with E-state index in [1.807, 2.05) is 25.9 Å². The maximum Gasteiger partial charge on any atom is 0.290 e. The molecule has 0 aliphatic carbocycles. The van der Waals surface area contributed by atoms with Gasteiger partial charge in [0.2, 0.25) is 0 Å². The van der Waals surface area contributed by atoms with Gasteiger partial charge in [0.15, 0.2) is 23.0 Å². The maximum absolute atomic E-state index is 12.7. The number of Topliss-reactive ketones (excluding diaryl/α,β-unsaturated/α-hetero) is 1. The van der Waals surface area contributed by atoms with Crippen molar-refractivity contribution < 1.29 is 24.2 Å². The summed E-state index contributed by atoms with van der Waals surface area (Å²) >= 11 is 0. The van der Waals surface area contributed by atoms with Crippen LogP contribution in [0.2, 0.25) is 0 Å². The highest BCUT2D eigenvalue weighted by molar-refractivity contribution is 6.08. The molecular formula is C21H30N2O5. The lowest BCUT2D eigenvalue weighted by atomic mass is 9.94. The minimum absolute atomic E-state index is 0.151. The minimum atomic E-state index is -0.644. The molecule has 1 amide bonds. The van der Waals surface area contributed by atoms with Gasteiger partial charge < -0.3 is 24.4 Å². The van der Waals surface area contributed by atoms with Gasteiger partial charge in [0.05, 0.1) is 25.3 Å². The summed E-state index contributed by atoms with van der Waals surface area (Å²) in [5.74, 6) is -0.0810. The quantitative estimate of drug-likeness (QED) is 0.662. The molecule has 1 heterocycles. The Morgan fingerprint density at radius 2 is 1.96 bits per heavy atom. The van der Waals surface area contributed by atoms with Crippen LogP contribution < -0.4 is 9.47 Å². The third-order valence-corrected chi connectivity index (χ3v) is 4.68. The highest BCUT2D eigenvalue weighted by Gasteiger charge is 2.43. The van der Waals surface area contributed by atoms with E-state index in [1.165, 1.54) is 0 Å². The summed E-state index contributed by atoms with van der Waals surface area (Å²) < 4.78 is 11.1. The van der Waals surface area contributed by atoms with E-state index in [-0.39, 0.29) is 17.8 Å². The number of amides is 1. The molecule has 1 N–H and O–H groups in total. The average Bonchev–Trinajstić information content (AvgIpc) is 2.94. The smallest absolute Gasteiger partial charge is 0.290 e. The van der Waals surface area contributed by atoms with Crippen molar-refractivity contribution in [3.63, 3.8) is 0 Å². The zero-order chi connectivity index (χ0) is 20.8. The maximum atomic E-state index is 12.7. The van der Waals surface area contributed by atoms with Gasteiger partial charge in [0.1, 0.15) is 0 Å². The van der Waals surface area contributed by atoms with E-state index in [0.29, 0.717) is 36.8 Å². The van der Waals surface area contributed by atoms with Crippen LogP contribution in [0.25, 0.3) is 0 Å². The molecular weight excluding hydrogens is 360 g/mol. The van der Waals surface area contributed by atoms with Crippen LogP contribution in [-0.4, -0.2) is 67.5 Å². The summed E-state index contributed by atoms with van der Waals surface area (Å²) in [6.45, 7) is 5.25. The number of aliphatic hydroxyl groups is 1. The Bertz CT molecular complexity index is 757. The topological polar surface area (TPSA) is 79.3 Å². The van der Waals surface area contributed by atoms with Crippen LogP contribution in [-0.2, 0) is 9.59 Å². The summed E-state index contributed by atoms with van der Waals surface area (Å²) in [5, 5.41) is 10.4. The average molecular weight is 390 g/mol. The predicted octanol–water partition coefficient (Wildman–Crippen LogP) is 2.72. The number of hydrogen-bond donors (Lipinski definition) is 1. The fourth-order valence-electron chi connectivity index (χ4n) is 3.20. The highest BCUT2D eigenvalue weighted by Crippen LogP contribution is 2.41. The van der Waals surface area contributed by atoms with Gasteiger partial charge in [-0.05, 0) is 38.2 Å². The molecule has 154 valence electrons. The second kappa shape index (κ2) is 9.59. The van der Waals surface area contributed by atoms with Gasteiger partial charge in [-0.15, -0.1) is 0 Å². The summed E-state index contributed by atoms with van der Waals surface area (Å²) in [4.78, 5) is 28.8. The zero-order valence-corrected chi connectivity index (χ0v) is 17.3. The Morgan fingerprint density at radius 3 is 2.54 bits per heavy atom. The van der Waals surface area contributed by atoms with E-state index in [1.54, 1.807) is 37.1 Å². The number of carbonyl (C=O) groups is 2. The molecule has 0 saturated heterocycles. The number of methoxy groups -OCH3 is 1. The van der Waals surface area contributed by atoms with Gasteiger partial charge in [-0.3, -0.25) is 9.59 Å². The second-order valence-electron chi connectivity index (χ2n) is 7.00. The molecule has 1 aliphatic rings. The molecule has 1 aromatic carbocycles. The first-order valence-corrected chi connectivity index (χ1v) is 9.58. The second-order valence-corrected chi connectivity index (χ2v) is 7.00. The third kappa shape index (κ3) is 4.47. The highest BCUT2D eigenvalue weighted by atomic mass is 16.5. The van der Waals surface area contributed by atoms with Gasteiger partial charge in [-0.25, -0.2) is 0 Å². The molecule has 2 rings (SSSR count). The number of carbonyl (C=O) groups excluding carboxylic acids is 2. The summed E-state index contributed by atoms with van der Waals surface area (Å²) in [6.07, 6.45) is 1.05. The summed E-state index contributed by atoms with van der Waals surface area (Å²) in [7, 11) is 5.38. The largest absolute Gasteiger partial charge is 0.503 e. The molecule has 0 fully saturated rings. The first-order chi connectivity index (χ1) is 13.3. The first-order valence-electron chi connectivity index (χ1n) is 9.58. The van der Waals surface area contributed by atoms with Crippen molar-refractivity contribution in [1.29, 1.82) is 0 Å². The number of hydrogen-bond acceptors (Lipinski definition) is 6. The van der Waals surface area contributed by atoms with Crippen LogP contribution in [0.5, 0.6) is 11.5 Å². The monoisotopic (exact) mass is 390 g/mol. The number of rotatable bonds is 10. The standard InChI is InChI=1S/C21H30N2O5/c1-6-12-28-17-13-14(8-9-16(17)27-5)19-18(15(24)7-2)20(25)21(26)23(19)11-10-22(3)4/h8-9,13,19,25H,6-7,10-12H2,1-5H3. The Kier molecular flexibility index (Phi) is 7.45. The zero-order valence-electron chi connectivity index (χ0n) is 17.3. The van der Waals surface area contributed by atoms with E-state index in [9.17, 15) is 14.7 Å². The molecule has 0 aromatic heterocycles. The van der Waals surface area contributed by atoms with Gasteiger partial charge in [-0.2, -0.15) is 0 Å². The molecule has 0 radical (unpaired) electrons. The van der Waals surface area contributed by atoms with E-state index < -0.39 is 17.7 Å². The van der Waals surface area contributed by atoms with E-state index in [4.69, 9.17) is 9.47 Å². The number of ketones is 1. The fraction of sp³-hybridized carbons (Fsp3) is 0.524. The third-order valence-electron chi connectivity index (χ3n) is 4.68. The van der Waals surface area contributed by atoms with Crippen molar-refractivity contribution >= 4 is 11.7 Å². The van der Waals surface area contributed by atoms with Gasteiger partial charge in [0, 0.05) is 19.5 Å². The van der Waals surface area contributed by atoms with E-state index in [2.05, 4.69) is 0 Å². The van der Waals surface area contributed by atoms with E-state index >= 15 is 0 Å². The molecule has 7 nitrogen and oxygen atoms in total. The van der Waals surface area contributed by atoms with Crippen LogP contribution >= 0.6 is 0 Å². The molecule has 1 aliphatic heterocycles. The van der Waals surface area contributed by atoms with Crippen molar-refractivity contribution in [3.8, 4) is 11.5 Å². The van der Waals surface area contributed by atoms with Gasteiger partial charge in [0.25, 0.3) is 5.91 Å². The normalized spacial score (nSPS) is 16.9. The van der Waals surface area contributed by atoms with Gasteiger partial charge in [-0.1, -0.05) is 19.9 Å². The van der Waals surface area contributed by atoms with Crippen molar-refractivity contribution in [3.05, 3.63) is 35.1 Å².